The maximum Gasteiger partial charge on any atom is 0.414 e. The molecule has 0 radical (unpaired) electrons. The number of methoxy groups -OCH3 is 1. The van der Waals surface area contributed by atoms with Gasteiger partial charge in [-0.05, 0) is 48.9 Å². The summed E-state index contributed by atoms with van der Waals surface area (Å²) in [7, 11) is 1.66. The van der Waals surface area contributed by atoms with Crippen molar-refractivity contribution in [3.05, 3.63) is 71.8 Å². The maximum atomic E-state index is 10.2. The number of rotatable bonds is 6. The summed E-state index contributed by atoms with van der Waals surface area (Å²) < 4.78 is 7.71. The Balaban J connectivity index is 0.000000505. The minimum Gasteiger partial charge on any atom is -0.508 e. The molecule has 38 heavy (non-hydrogen) atoms. The molecule has 0 saturated carbocycles. The van der Waals surface area contributed by atoms with Crippen LogP contribution in [0.15, 0.2) is 60.7 Å². The average molecular weight is 520 g/mol. The van der Waals surface area contributed by atoms with Crippen LogP contribution in [0.5, 0.6) is 11.5 Å². The molecule has 1 aliphatic heterocycles. The minimum atomic E-state index is -1.82. The third-order valence-corrected chi connectivity index (χ3v) is 6.89. The second-order valence-corrected chi connectivity index (χ2v) is 9.27. The van der Waals surface area contributed by atoms with Gasteiger partial charge >= 0.3 is 11.9 Å². The lowest BCUT2D eigenvalue weighted by Gasteiger charge is -2.34. The predicted octanol–water partition coefficient (Wildman–Crippen LogP) is 4.00. The fourth-order valence-electron chi connectivity index (χ4n) is 4.96. The Morgan fingerprint density at radius 2 is 1.45 bits per heavy atom. The predicted molar refractivity (Wildman–Crippen MR) is 146 cm³/mol. The lowest BCUT2D eigenvalue weighted by molar-refractivity contribution is -0.159. The van der Waals surface area contributed by atoms with E-state index in [4.69, 9.17) is 24.5 Å². The zero-order valence-electron chi connectivity index (χ0n) is 21.6. The van der Waals surface area contributed by atoms with Crippen LogP contribution in [-0.2, 0) is 29.2 Å². The Labute approximate surface area is 221 Å². The Hall–Kier alpha value is -4.08. The second kappa shape index (κ2) is 12.0. The average Bonchev–Trinajstić information content (AvgIpc) is 3.24. The molecule has 3 N–H and O–H groups in total. The summed E-state index contributed by atoms with van der Waals surface area (Å²) in [5.74, 6) is -2.52. The fourth-order valence-corrected chi connectivity index (χ4v) is 4.96. The quantitative estimate of drug-likeness (QED) is 0.328. The zero-order valence-corrected chi connectivity index (χ0v) is 21.6. The van der Waals surface area contributed by atoms with E-state index in [2.05, 4.69) is 63.8 Å². The third-order valence-electron chi connectivity index (χ3n) is 6.89. The number of aromatic nitrogens is 1. The molecule has 1 aromatic heterocycles. The van der Waals surface area contributed by atoms with Crippen molar-refractivity contribution in [1.82, 2.24) is 14.4 Å². The van der Waals surface area contributed by atoms with E-state index in [-0.39, 0.29) is 0 Å². The highest BCUT2D eigenvalue weighted by Crippen LogP contribution is 2.30. The van der Waals surface area contributed by atoms with Crippen molar-refractivity contribution < 1.29 is 29.6 Å². The molecule has 3 aromatic carbocycles. The van der Waals surface area contributed by atoms with Gasteiger partial charge in [0.05, 0.1) is 7.11 Å². The largest absolute Gasteiger partial charge is 0.508 e. The number of hydrogen-bond acceptors (Lipinski definition) is 6. The highest BCUT2D eigenvalue weighted by molar-refractivity contribution is 6.27. The molecule has 5 rings (SSSR count). The second-order valence-electron chi connectivity index (χ2n) is 9.27. The van der Waals surface area contributed by atoms with E-state index in [1.807, 2.05) is 6.07 Å². The molecule has 0 bridgehead atoms. The fraction of sp³-hybridized carbons (Fsp3) is 0.310. The molecule has 2 heterocycles. The summed E-state index contributed by atoms with van der Waals surface area (Å²) in [6.07, 6.45) is 0. The highest BCUT2D eigenvalue weighted by Gasteiger charge is 2.19. The van der Waals surface area contributed by atoms with E-state index >= 15 is 0 Å². The molecule has 0 atom stereocenters. The molecule has 0 amide bonds. The number of carboxylic acids is 2. The van der Waals surface area contributed by atoms with Crippen LogP contribution < -0.4 is 4.74 Å². The molecule has 9 nitrogen and oxygen atoms in total. The van der Waals surface area contributed by atoms with Crippen molar-refractivity contribution in [2.24, 2.45) is 0 Å². The van der Waals surface area contributed by atoms with E-state index < -0.39 is 11.9 Å². The van der Waals surface area contributed by atoms with Gasteiger partial charge in [-0.15, -0.1) is 0 Å². The van der Waals surface area contributed by atoms with E-state index in [1.165, 1.54) is 27.4 Å². The molecule has 0 unspecified atom stereocenters. The van der Waals surface area contributed by atoms with E-state index in [9.17, 15) is 5.11 Å². The van der Waals surface area contributed by atoms with Gasteiger partial charge < -0.3 is 24.6 Å². The van der Waals surface area contributed by atoms with Crippen LogP contribution in [0, 0.1) is 0 Å². The number of carbonyl (C=O) groups is 2. The maximum absolute atomic E-state index is 10.2. The first-order chi connectivity index (χ1) is 18.3. The monoisotopic (exact) mass is 519 g/mol. The molecule has 9 heteroatoms. The molecule has 200 valence electrons. The number of para-hydroxylation sites is 1. The molecular weight excluding hydrogens is 486 g/mol. The number of hydrogen-bond donors (Lipinski definition) is 3. The van der Waals surface area contributed by atoms with Gasteiger partial charge in [-0.2, -0.15) is 0 Å². The first-order valence-electron chi connectivity index (χ1n) is 12.6. The molecule has 1 saturated heterocycles. The smallest absolute Gasteiger partial charge is 0.414 e. The van der Waals surface area contributed by atoms with Gasteiger partial charge in [0, 0.05) is 73.2 Å². The number of aryl methyl sites for hydroxylation is 1. The van der Waals surface area contributed by atoms with E-state index in [0.717, 1.165) is 57.1 Å². The van der Waals surface area contributed by atoms with Crippen molar-refractivity contribution in [2.45, 2.75) is 26.6 Å². The van der Waals surface area contributed by atoms with Crippen molar-refractivity contribution in [2.75, 3.05) is 33.3 Å². The summed E-state index contributed by atoms with van der Waals surface area (Å²) in [6.45, 7) is 8.96. The Morgan fingerprint density at radius 3 is 2.08 bits per heavy atom. The van der Waals surface area contributed by atoms with Crippen LogP contribution in [-0.4, -0.2) is 74.9 Å². The molecule has 1 fully saturated rings. The van der Waals surface area contributed by atoms with Gasteiger partial charge in [0.15, 0.2) is 0 Å². The summed E-state index contributed by atoms with van der Waals surface area (Å²) >= 11 is 0. The van der Waals surface area contributed by atoms with Gasteiger partial charge in [-0.25, -0.2) is 9.59 Å². The van der Waals surface area contributed by atoms with Crippen LogP contribution in [0.1, 0.15) is 18.1 Å². The first kappa shape index (κ1) is 27.0. The Kier molecular flexibility index (Phi) is 8.50. The number of nitrogens with zero attached hydrogens (tertiary/aromatic N) is 3. The van der Waals surface area contributed by atoms with Gasteiger partial charge in [-0.1, -0.05) is 24.3 Å². The number of carboxylic acid groups (broad SMARTS) is 2. The van der Waals surface area contributed by atoms with Gasteiger partial charge in [0.2, 0.25) is 0 Å². The molecule has 4 aromatic rings. The summed E-state index contributed by atoms with van der Waals surface area (Å²) in [6, 6.07) is 21.1. The number of piperazine rings is 1. The summed E-state index contributed by atoms with van der Waals surface area (Å²) in [5.41, 5.74) is 4.93. The van der Waals surface area contributed by atoms with Crippen molar-refractivity contribution in [3.63, 3.8) is 0 Å². The van der Waals surface area contributed by atoms with E-state index in [0.29, 0.717) is 5.75 Å². The van der Waals surface area contributed by atoms with Crippen LogP contribution in [0.3, 0.4) is 0 Å². The minimum absolute atomic E-state index is 0.341. The first-order valence-corrected chi connectivity index (χ1v) is 12.6. The number of aromatic hydroxyl groups is 1. The van der Waals surface area contributed by atoms with Crippen molar-refractivity contribution >= 4 is 33.7 Å². The summed E-state index contributed by atoms with van der Waals surface area (Å²) in [5, 5.41) is 27.7. The van der Waals surface area contributed by atoms with Crippen molar-refractivity contribution in [1.29, 1.82) is 0 Å². The molecule has 1 aliphatic rings. The van der Waals surface area contributed by atoms with Gasteiger partial charge in [0.25, 0.3) is 0 Å². The van der Waals surface area contributed by atoms with Crippen LogP contribution >= 0.6 is 0 Å². The van der Waals surface area contributed by atoms with Gasteiger partial charge in [0.1, 0.15) is 11.5 Å². The van der Waals surface area contributed by atoms with Crippen LogP contribution in [0.25, 0.3) is 21.8 Å². The number of phenols is 1. The number of fused-ring (bicyclic) bond motifs is 3. The third kappa shape index (κ3) is 6.07. The number of benzene rings is 3. The lowest BCUT2D eigenvalue weighted by atomic mass is 10.1. The Bertz CT molecular complexity index is 1430. The topological polar surface area (TPSA) is 115 Å². The Morgan fingerprint density at radius 1 is 0.816 bits per heavy atom. The van der Waals surface area contributed by atoms with E-state index in [1.54, 1.807) is 19.2 Å². The van der Waals surface area contributed by atoms with Crippen molar-refractivity contribution in [3.8, 4) is 11.5 Å². The van der Waals surface area contributed by atoms with Gasteiger partial charge in [-0.3, -0.25) is 9.80 Å². The highest BCUT2D eigenvalue weighted by atomic mass is 16.5. The zero-order chi connectivity index (χ0) is 27.2. The number of aliphatic carboxylic acids is 2. The normalized spacial score (nSPS) is 14.3. The number of phenolic OH excluding ortho intramolecular Hbond substituents is 1. The standard InChI is InChI=1S/C27H31N3O2.C2H2O4/c1-3-30-25-7-5-4-6-23(25)24-16-20(8-10-26(24)30)18-28-12-14-29(15-13-28)19-21-17-22(32-2)9-11-27(21)31;3-1(4)2(5)6/h4-11,16-17,31H,3,12-15,18-19H2,1-2H3;(H,3,4)(H,5,6). The summed E-state index contributed by atoms with van der Waals surface area (Å²) in [4.78, 5) is 23.1. The lowest BCUT2D eigenvalue weighted by Crippen LogP contribution is -2.45. The SMILES string of the molecule is CCn1c2ccccc2c2cc(CN3CCN(Cc4cc(OC)ccc4O)CC3)ccc21.O=C(O)C(=O)O. The molecule has 0 aliphatic carbocycles. The molecule has 0 spiro atoms. The molecular formula is C29H33N3O6. The van der Waals surface area contributed by atoms with Crippen LogP contribution in [0.2, 0.25) is 0 Å². The van der Waals surface area contributed by atoms with Crippen LogP contribution in [0.4, 0.5) is 0 Å². The number of ether oxygens (including phenoxy) is 1.